The van der Waals surface area contributed by atoms with E-state index in [2.05, 4.69) is 10.6 Å². The van der Waals surface area contributed by atoms with Gasteiger partial charge in [0, 0.05) is 25.4 Å². The van der Waals surface area contributed by atoms with E-state index in [9.17, 15) is 9.59 Å². The van der Waals surface area contributed by atoms with Gasteiger partial charge in [0.15, 0.2) is 0 Å². The molecule has 2 amide bonds. The zero-order valence-electron chi connectivity index (χ0n) is 10.5. The van der Waals surface area contributed by atoms with Crippen molar-refractivity contribution in [2.75, 3.05) is 19.6 Å². The van der Waals surface area contributed by atoms with Gasteiger partial charge in [-0.1, -0.05) is 6.42 Å². The van der Waals surface area contributed by atoms with Crippen molar-refractivity contribution in [3.05, 3.63) is 0 Å². The summed E-state index contributed by atoms with van der Waals surface area (Å²) in [7, 11) is 0. The monoisotopic (exact) mass is 241 g/mol. The van der Waals surface area contributed by atoms with Crippen LogP contribution in [-0.2, 0) is 9.59 Å². The van der Waals surface area contributed by atoms with Crippen LogP contribution in [0.25, 0.3) is 0 Å². The maximum absolute atomic E-state index is 11.9. The van der Waals surface area contributed by atoms with E-state index < -0.39 is 0 Å². The summed E-state index contributed by atoms with van der Waals surface area (Å²) in [6.07, 6.45) is 3.40. The largest absolute Gasteiger partial charge is 0.356 e. The van der Waals surface area contributed by atoms with Gasteiger partial charge in [-0.3, -0.25) is 9.59 Å². The highest BCUT2D eigenvalue weighted by atomic mass is 16.2. The normalized spacial score (nSPS) is 23.4. The van der Waals surface area contributed by atoms with Crippen LogP contribution < -0.4 is 16.4 Å². The van der Waals surface area contributed by atoms with Crippen molar-refractivity contribution in [3.8, 4) is 0 Å². The van der Waals surface area contributed by atoms with Crippen molar-refractivity contribution in [1.29, 1.82) is 0 Å². The van der Waals surface area contributed by atoms with Crippen LogP contribution in [0, 0.1) is 11.8 Å². The van der Waals surface area contributed by atoms with E-state index in [4.69, 9.17) is 5.73 Å². The summed E-state index contributed by atoms with van der Waals surface area (Å²) in [6, 6.07) is 0. The summed E-state index contributed by atoms with van der Waals surface area (Å²) in [5, 5.41) is 5.52. The predicted octanol–water partition coefficient (Wildman–Crippen LogP) is 0.00380. The second kappa shape index (κ2) is 7.27. The van der Waals surface area contributed by atoms with Gasteiger partial charge in [-0.25, -0.2) is 0 Å². The van der Waals surface area contributed by atoms with Crippen molar-refractivity contribution >= 4 is 11.8 Å². The van der Waals surface area contributed by atoms with Crippen molar-refractivity contribution < 1.29 is 9.59 Å². The van der Waals surface area contributed by atoms with Crippen LogP contribution in [0.2, 0.25) is 0 Å². The van der Waals surface area contributed by atoms with E-state index in [1.807, 2.05) is 6.92 Å². The molecule has 2 unspecified atom stereocenters. The molecular formula is C12H23N3O2. The highest BCUT2D eigenvalue weighted by Gasteiger charge is 2.31. The summed E-state index contributed by atoms with van der Waals surface area (Å²) in [5.74, 6) is 0.408. The Hall–Kier alpha value is -1.10. The Bertz CT molecular complexity index is 268. The first-order valence-corrected chi connectivity index (χ1v) is 6.43. The lowest BCUT2D eigenvalue weighted by molar-refractivity contribution is -0.126. The zero-order chi connectivity index (χ0) is 12.7. The molecule has 1 rings (SSSR count). The average molecular weight is 241 g/mol. The second-order valence-corrected chi connectivity index (χ2v) is 4.53. The molecule has 0 aliphatic heterocycles. The Balaban J connectivity index is 2.23. The van der Waals surface area contributed by atoms with Crippen molar-refractivity contribution in [3.63, 3.8) is 0 Å². The molecule has 1 aliphatic rings. The molecule has 0 aromatic rings. The lowest BCUT2D eigenvalue weighted by atomic mass is 9.95. The van der Waals surface area contributed by atoms with Crippen LogP contribution in [0.1, 0.15) is 32.6 Å². The van der Waals surface area contributed by atoms with Crippen LogP contribution in [0.5, 0.6) is 0 Å². The quantitative estimate of drug-likeness (QED) is 0.612. The average Bonchev–Trinajstić information content (AvgIpc) is 2.77. The van der Waals surface area contributed by atoms with E-state index in [0.29, 0.717) is 32.0 Å². The Labute approximate surface area is 103 Å². The first-order valence-electron chi connectivity index (χ1n) is 6.43. The first kappa shape index (κ1) is 14.0. The van der Waals surface area contributed by atoms with E-state index >= 15 is 0 Å². The van der Waals surface area contributed by atoms with Crippen LogP contribution >= 0.6 is 0 Å². The van der Waals surface area contributed by atoms with Crippen LogP contribution in [-0.4, -0.2) is 31.4 Å². The van der Waals surface area contributed by atoms with Gasteiger partial charge in [-0.05, 0) is 32.2 Å². The molecule has 0 aromatic heterocycles. The van der Waals surface area contributed by atoms with Crippen LogP contribution in [0.3, 0.4) is 0 Å². The van der Waals surface area contributed by atoms with E-state index in [1.165, 1.54) is 0 Å². The molecule has 0 spiro atoms. The van der Waals surface area contributed by atoms with Gasteiger partial charge < -0.3 is 16.4 Å². The number of hydrogen-bond acceptors (Lipinski definition) is 3. The molecule has 0 heterocycles. The summed E-state index contributed by atoms with van der Waals surface area (Å²) < 4.78 is 0. The number of nitrogens with one attached hydrogen (secondary N) is 2. The molecule has 0 saturated heterocycles. The van der Waals surface area contributed by atoms with Crippen molar-refractivity contribution in [1.82, 2.24) is 10.6 Å². The molecule has 5 heteroatoms. The molecule has 2 atom stereocenters. The van der Waals surface area contributed by atoms with Gasteiger partial charge in [0.25, 0.3) is 0 Å². The number of amides is 2. The van der Waals surface area contributed by atoms with Gasteiger partial charge in [0.1, 0.15) is 0 Å². The fourth-order valence-corrected chi connectivity index (χ4v) is 2.38. The van der Waals surface area contributed by atoms with Gasteiger partial charge in [-0.15, -0.1) is 0 Å². The Kier molecular flexibility index (Phi) is 5.97. The van der Waals surface area contributed by atoms with Crippen LogP contribution in [0.15, 0.2) is 0 Å². The minimum absolute atomic E-state index is 0.0189. The minimum atomic E-state index is -0.0189. The number of carbonyl (C=O) groups excluding carboxylic acids is 2. The maximum atomic E-state index is 11.9. The standard InChI is InChI=1S/C12H23N3O2/c1-2-14-11(16)6-7-15-12(17)10-5-3-4-9(10)8-13/h9-10H,2-8,13H2,1H3,(H,14,16)(H,15,17). The summed E-state index contributed by atoms with van der Waals surface area (Å²) >= 11 is 0. The van der Waals surface area contributed by atoms with Gasteiger partial charge in [0.2, 0.25) is 11.8 Å². The third-order valence-electron chi connectivity index (χ3n) is 3.32. The SMILES string of the molecule is CCNC(=O)CCNC(=O)C1CCCC1CN. The predicted molar refractivity (Wildman–Crippen MR) is 66.2 cm³/mol. The molecule has 17 heavy (non-hydrogen) atoms. The van der Waals surface area contributed by atoms with Gasteiger partial charge >= 0.3 is 0 Å². The highest BCUT2D eigenvalue weighted by Crippen LogP contribution is 2.30. The summed E-state index contributed by atoms with van der Waals surface area (Å²) in [6.45, 7) is 3.50. The maximum Gasteiger partial charge on any atom is 0.223 e. The third-order valence-corrected chi connectivity index (χ3v) is 3.32. The molecule has 98 valence electrons. The van der Waals surface area contributed by atoms with Gasteiger partial charge in [0.05, 0.1) is 0 Å². The minimum Gasteiger partial charge on any atom is -0.356 e. The number of carbonyl (C=O) groups is 2. The molecule has 1 saturated carbocycles. The van der Waals surface area contributed by atoms with Gasteiger partial charge in [-0.2, -0.15) is 0 Å². The first-order chi connectivity index (χ1) is 8.19. The Morgan fingerprint density at radius 2 is 2.06 bits per heavy atom. The number of rotatable bonds is 6. The molecule has 4 N–H and O–H groups in total. The lowest BCUT2D eigenvalue weighted by Gasteiger charge is -2.17. The molecule has 1 fully saturated rings. The molecule has 0 radical (unpaired) electrons. The number of nitrogens with two attached hydrogens (primary N) is 1. The second-order valence-electron chi connectivity index (χ2n) is 4.53. The molecule has 0 aromatic carbocycles. The molecular weight excluding hydrogens is 218 g/mol. The van der Waals surface area contributed by atoms with Crippen molar-refractivity contribution in [2.45, 2.75) is 32.6 Å². The number of hydrogen-bond donors (Lipinski definition) is 3. The van der Waals surface area contributed by atoms with E-state index in [1.54, 1.807) is 0 Å². The smallest absolute Gasteiger partial charge is 0.223 e. The molecule has 1 aliphatic carbocycles. The Morgan fingerprint density at radius 1 is 1.29 bits per heavy atom. The fraction of sp³-hybridized carbons (Fsp3) is 0.833. The van der Waals surface area contributed by atoms with E-state index in [0.717, 1.165) is 19.3 Å². The highest BCUT2D eigenvalue weighted by molar-refractivity contribution is 5.80. The topological polar surface area (TPSA) is 84.2 Å². The van der Waals surface area contributed by atoms with E-state index in [-0.39, 0.29) is 17.7 Å². The van der Waals surface area contributed by atoms with Crippen LogP contribution in [0.4, 0.5) is 0 Å². The molecule has 5 nitrogen and oxygen atoms in total. The van der Waals surface area contributed by atoms with Crippen molar-refractivity contribution in [2.24, 2.45) is 17.6 Å². The summed E-state index contributed by atoms with van der Waals surface area (Å²) in [4.78, 5) is 23.0. The zero-order valence-corrected chi connectivity index (χ0v) is 10.5. The Morgan fingerprint density at radius 3 is 2.71 bits per heavy atom. The fourth-order valence-electron chi connectivity index (χ4n) is 2.38. The molecule has 0 bridgehead atoms. The third kappa shape index (κ3) is 4.34. The lowest BCUT2D eigenvalue weighted by Crippen LogP contribution is -2.37. The summed E-state index contributed by atoms with van der Waals surface area (Å²) in [5.41, 5.74) is 5.63.